The van der Waals surface area contributed by atoms with Crippen LogP contribution in [0.1, 0.15) is 19.3 Å². The Morgan fingerprint density at radius 3 is 2.60 bits per heavy atom. The summed E-state index contributed by atoms with van der Waals surface area (Å²) in [6.45, 7) is 1.89. The van der Waals surface area contributed by atoms with Gasteiger partial charge in [0.1, 0.15) is 9.84 Å². The zero-order valence-electron chi connectivity index (χ0n) is 9.37. The fourth-order valence-electron chi connectivity index (χ4n) is 1.72. The third kappa shape index (κ3) is 7.19. The van der Waals surface area contributed by atoms with Crippen molar-refractivity contribution in [2.45, 2.75) is 19.3 Å². The molecule has 0 radical (unpaired) electrons. The standard InChI is InChI=1S/C10H21NO2S2/c1-15(12,13)8-2-5-11-9-10-3-6-14-7-4-10/h10-11H,2-9H2,1H3. The first-order valence-corrected chi connectivity index (χ1v) is 8.75. The van der Waals surface area contributed by atoms with Crippen molar-refractivity contribution in [2.75, 3.05) is 36.6 Å². The Bertz CT molecular complexity index is 259. The highest BCUT2D eigenvalue weighted by Crippen LogP contribution is 2.21. The molecule has 5 heteroatoms. The number of thioether (sulfide) groups is 1. The zero-order valence-corrected chi connectivity index (χ0v) is 11.0. The fraction of sp³-hybridized carbons (Fsp3) is 1.00. The van der Waals surface area contributed by atoms with Crippen LogP contribution in [0, 0.1) is 5.92 Å². The van der Waals surface area contributed by atoms with E-state index in [1.807, 2.05) is 11.8 Å². The van der Waals surface area contributed by atoms with Gasteiger partial charge in [-0.1, -0.05) is 0 Å². The van der Waals surface area contributed by atoms with Crippen LogP contribution in [0.5, 0.6) is 0 Å². The van der Waals surface area contributed by atoms with Crippen molar-refractivity contribution >= 4 is 21.6 Å². The van der Waals surface area contributed by atoms with E-state index < -0.39 is 9.84 Å². The minimum atomic E-state index is -2.77. The van der Waals surface area contributed by atoms with Gasteiger partial charge < -0.3 is 5.32 Å². The summed E-state index contributed by atoms with van der Waals surface area (Å²) in [5.41, 5.74) is 0. The maximum Gasteiger partial charge on any atom is 0.147 e. The van der Waals surface area contributed by atoms with Crippen LogP contribution in [-0.2, 0) is 9.84 Å². The molecule has 1 fully saturated rings. The van der Waals surface area contributed by atoms with Crippen LogP contribution in [0.3, 0.4) is 0 Å². The largest absolute Gasteiger partial charge is 0.316 e. The maximum atomic E-state index is 10.9. The van der Waals surface area contributed by atoms with Crippen LogP contribution in [0.4, 0.5) is 0 Å². The third-order valence-electron chi connectivity index (χ3n) is 2.64. The van der Waals surface area contributed by atoms with Gasteiger partial charge in [0.05, 0.1) is 5.75 Å². The van der Waals surface area contributed by atoms with Gasteiger partial charge in [0.15, 0.2) is 0 Å². The first-order chi connectivity index (χ1) is 7.08. The number of hydrogen-bond acceptors (Lipinski definition) is 4. The van der Waals surface area contributed by atoms with Crippen LogP contribution >= 0.6 is 11.8 Å². The molecule has 0 spiro atoms. The Labute approximate surface area is 97.3 Å². The van der Waals surface area contributed by atoms with Gasteiger partial charge in [-0.2, -0.15) is 11.8 Å². The second-order valence-electron chi connectivity index (χ2n) is 4.24. The van der Waals surface area contributed by atoms with Gasteiger partial charge in [0.25, 0.3) is 0 Å². The van der Waals surface area contributed by atoms with E-state index in [4.69, 9.17) is 0 Å². The van der Waals surface area contributed by atoms with Crippen molar-refractivity contribution in [3.63, 3.8) is 0 Å². The lowest BCUT2D eigenvalue weighted by Gasteiger charge is -2.21. The molecular weight excluding hydrogens is 230 g/mol. The van der Waals surface area contributed by atoms with Gasteiger partial charge in [0.2, 0.25) is 0 Å². The fourth-order valence-corrected chi connectivity index (χ4v) is 3.59. The SMILES string of the molecule is CS(=O)(=O)CCCNCC1CCSCC1. The number of sulfone groups is 1. The van der Waals surface area contributed by atoms with E-state index in [1.165, 1.54) is 30.6 Å². The van der Waals surface area contributed by atoms with Crippen LogP contribution < -0.4 is 5.32 Å². The minimum Gasteiger partial charge on any atom is -0.316 e. The van der Waals surface area contributed by atoms with Gasteiger partial charge in [-0.25, -0.2) is 8.42 Å². The van der Waals surface area contributed by atoms with E-state index in [2.05, 4.69) is 5.32 Å². The third-order valence-corrected chi connectivity index (χ3v) is 4.72. The van der Waals surface area contributed by atoms with Crippen LogP contribution in [0.15, 0.2) is 0 Å². The van der Waals surface area contributed by atoms with Crippen molar-refractivity contribution in [2.24, 2.45) is 5.92 Å². The molecule has 0 unspecified atom stereocenters. The molecule has 1 rings (SSSR count). The summed E-state index contributed by atoms with van der Waals surface area (Å²) >= 11 is 2.04. The monoisotopic (exact) mass is 251 g/mol. The molecule has 0 aromatic carbocycles. The molecule has 0 aromatic rings. The summed E-state index contributed by atoms with van der Waals surface area (Å²) in [6, 6.07) is 0. The Kier molecular flexibility index (Phi) is 6.00. The van der Waals surface area contributed by atoms with Gasteiger partial charge in [-0.15, -0.1) is 0 Å². The summed E-state index contributed by atoms with van der Waals surface area (Å²) in [5.74, 6) is 3.69. The molecule has 1 heterocycles. The molecule has 0 atom stereocenters. The maximum absolute atomic E-state index is 10.9. The highest BCUT2D eigenvalue weighted by molar-refractivity contribution is 7.99. The van der Waals surface area contributed by atoms with Crippen molar-refractivity contribution in [1.82, 2.24) is 5.32 Å². The van der Waals surface area contributed by atoms with E-state index in [0.29, 0.717) is 5.75 Å². The Morgan fingerprint density at radius 1 is 1.33 bits per heavy atom. The number of hydrogen-bond donors (Lipinski definition) is 1. The average Bonchev–Trinajstić information content (AvgIpc) is 2.17. The molecule has 1 aliphatic rings. The molecule has 0 bridgehead atoms. The molecule has 0 aliphatic carbocycles. The van der Waals surface area contributed by atoms with E-state index in [-0.39, 0.29) is 0 Å². The average molecular weight is 251 g/mol. The lowest BCUT2D eigenvalue weighted by Crippen LogP contribution is -2.27. The molecular formula is C10H21NO2S2. The van der Waals surface area contributed by atoms with Crippen LogP contribution in [-0.4, -0.2) is 45.0 Å². The number of nitrogens with one attached hydrogen (secondary N) is 1. The zero-order chi connectivity index (χ0) is 11.1. The molecule has 0 saturated carbocycles. The summed E-state index contributed by atoms with van der Waals surface area (Å²) in [6.07, 6.45) is 4.65. The Morgan fingerprint density at radius 2 is 2.00 bits per heavy atom. The van der Waals surface area contributed by atoms with Crippen molar-refractivity contribution in [3.05, 3.63) is 0 Å². The molecule has 1 saturated heterocycles. The molecule has 0 amide bonds. The summed E-state index contributed by atoms with van der Waals surface area (Å²) < 4.78 is 21.7. The molecule has 90 valence electrons. The molecule has 0 aromatic heterocycles. The molecule has 15 heavy (non-hydrogen) atoms. The highest BCUT2D eigenvalue weighted by Gasteiger charge is 2.12. The Balaban J connectivity index is 1.96. The normalized spacial score (nSPS) is 19.3. The van der Waals surface area contributed by atoms with Gasteiger partial charge in [0, 0.05) is 6.26 Å². The van der Waals surface area contributed by atoms with Crippen molar-refractivity contribution in [3.8, 4) is 0 Å². The van der Waals surface area contributed by atoms with Crippen LogP contribution in [0.25, 0.3) is 0 Å². The van der Waals surface area contributed by atoms with Crippen molar-refractivity contribution in [1.29, 1.82) is 0 Å². The van der Waals surface area contributed by atoms with Gasteiger partial charge >= 0.3 is 0 Å². The van der Waals surface area contributed by atoms with E-state index in [9.17, 15) is 8.42 Å². The van der Waals surface area contributed by atoms with E-state index in [1.54, 1.807) is 0 Å². The lowest BCUT2D eigenvalue weighted by molar-refractivity contribution is 0.448. The minimum absolute atomic E-state index is 0.306. The smallest absolute Gasteiger partial charge is 0.147 e. The van der Waals surface area contributed by atoms with Gasteiger partial charge in [-0.3, -0.25) is 0 Å². The highest BCUT2D eigenvalue weighted by atomic mass is 32.2. The first kappa shape index (κ1) is 13.3. The quantitative estimate of drug-likeness (QED) is 0.720. The summed E-state index contributed by atoms with van der Waals surface area (Å²) in [4.78, 5) is 0. The molecule has 3 nitrogen and oxygen atoms in total. The summed E-state index contributed by atoms with van der Waals surface area (Å²) in [7, 11) is -2.77. The van der Waals surface area contributed by atoms with Crippen molar-refractivity contribution < 1.29 is 8.42 Å². The predicted molar refractivity (Wildman–Crippen MR) is 67.2 cm³/mol. The predicted octanol–water partition coefficient (Wildman–Crippen LogP) is 1.15. The van der Waals surface area contributed by atoms with E-state index in [0.717, 1.165) is 25.4 Å². The second-order valence-corrected chi connectivity index (χ2v) is 7.73. The molecule has 1 N–H and O–H groups in total. The summed E-state index contributed by atoms with van der Waals surface area (Å²) in [5, 5.41) is 3.35. The van der Waals surface area contributed by atoms with E-state index >= 15 is 0 Å². The second kappa shape index (κ2) is 6.76. The molecule has 1 aliphatic heterocycles. The van der Waals surface area contributed by atoms with Crippen LogP contribution in [0.2, 0.25) is 0 Å². The lowest BCUT2D eigenvalue weighted by atomic mass is 10.0. The van der Waals surface area contributed by atoms with Gasteiger partial charge in [-0.05, 0) is 49.8 Å². The topological polar surface area (TPSA) is 46.2 Å². The number of rotatable bonds is 6. The Hall–Kier alpha value is 0.260. The first-order valence-electron chi connectivity index (χ1n) is 5.54.